The molecule has 2 aromatic rings. The molecule has 1 aliphatic heterocycles. The fraction of sp³-hybridized carbons (Fsp3) is 0.441. The van der Waals surface area contributed by atoms with Crippen LogP contribution in [0.15, 0.2) is 42.5 Å². The number of phenolic OH excluding ortho intramolecular Hbond substituents is 3. The fourth-order valence-corrected chi connectivity index (χ4v) is 6.54. The lowest BCUT2D eigenvalue weighted by atomic mass is 9.60. The normalized spacial score (nSPS) is 26.9. The van der Waals surface area contributed by atoms with E-state index in [1.54, 1.807) is 6.07 Å². The van der Waals surface area contributed by atoms with Crippen molar-refractivity contribution in [1.29, 1.82) is 0 Å². The molecule has 1 saturated heterocycles. The quantitative estimate of drug-likeness (QED) is 0.0897. The van der Waals surface area contributed by atoms with Gasteiger partial charge in [-0.1, -0.05) is 18.2 Å². The summed E-state index contributed by atoms with van der Waals surface area (Å²) in [7, 11) is 1.52. The van der Waals surface area contributed by atoms with Crippen LogP contribution in [0, 0.1) is 5.92 Å². The molecule has 0 amide bonds. The Morgan fingerprint density at radius 2 is 1.78 bits per heavy atom. The minimum atomic E-state index is -2.19. The van der Waals surface area contributed by atoms with Gasteiger partial charge in [-0.15, -0.1) is 0 Å². The van der Waals surface area contributed by atoms with Crippen molar-refractivity contribution >= 4 is 29.7 Å². The number of carboxylic acids is 1. The number of aliphatic hydroxyl groups excluding tert-OH is 3. The maximum Gasteiger partial charge on any atom is 0.336 e. The molecule has 2 fully saturated rings. The zero-order chi connectivity index (χ0) is 35.9. The number of hydrogen-bond donors (Lipinski definition) is 9. The molecule has 6 atom stereocenters. The second kappa shape index (κ2) is 15.9. The molecular formula is C34H42N2O13. The van der Waals surface area contributed by atoms with Crippen LogP contribution in [0.2, 0.25) is 0 Å². The Labute approximate surface area is 281 Å². The molecule has 0 radical (unpaired) electrons. The number of ether oxygens (including phenoxy) is 3. The number of nitrogens with two attached hydrogens (primary N) is 1. The van der Waals surface area contributed by atoms with Crippen LogP contribution in [-0.2, 0) is 30.5 Å². The van der Waals surface area contributed by atoms with Crippen LogP contribution in [0.25, 0.3) is 12.2 Å². The lowest BCUT2D eigenvalue weighted by molar-refractivity contribution is -0.293. The van der Waals surface area contributed by atoms with E-state index in [0.717, 1.165) is 18.2 Å². The third-order valence-electron chi connectivity index (χ3n) is 8.87. The Bertz CT molecular complexity index is 1590. The predicted octanol–water partition coefficient (Wildman–Crippen LogP) is 0.217. The van der Waals surface area contributed by atoms with Gasteiger partial charge in [0.25, 0.3) is 0 Å². The highest BCUT2D eigenvalue weighted by Gasteiger charge is 2.67. The summed E-state index contributed by atoms with van der Waals surface area (Å²) in [6.07, 6.45) is -0.0886. The van der Waals surface area contributed by atoms with Crippen LogP contribution in [0.1, 0.15) is 36.0 Å². The van der Waals surface area contributed by atoms with Crippen molar-refractivity contribution < 1.29 is 64.3 Å². The summed E-state index contributed by atoms with van der Waals surface area (Å²) in [5, 5.41) is 75.0. The second-order valence-corrected chi connectivity index (χ2v) is 12.0. The highest BCUT2D eigenvalue weighted by Crippen LogP contribution is 2.51. The fourth-order valence-electron chi connectivity index (χ4n) is 6.54. The Hall–Kier alpha value is -4.35. The molecule has 0 bridgehead atoms. The average Bonchev–Trinajstić information content (AvgIpc) is 3.08. The summed E-state index contributed by atoms with van der Waals surface area (Å²) in [5.74, 6) is -4.68. The number of aliphatic hydroxyl groups is 3. The van der Waals surface area contributed by atoms with Crippen molar-refractivity contribution in [2.45, 2.75) is 55.4 Å². The molecule has 49 heavy (non-hydrogen) atoms. The van der Waals surface area contributed by atoms with Crippen LogP contribution in [0.3, 0.4) is 0 Å². The van der Waals surface area contributed by atoms with Gasteiger partial charge in [0.05, 0.1) is 12.7 Å². The van der Waals surface area contributed by atoms with Gasteiger partial charge < -0.3 is 61.0 Å². The number of likely N-dealkylation sites (N-methyl/N-ethyl adjacent to an activating group) is 1. The number of nitrogens with one attached hydrogen (secondary N) is 1. The number of phenols is 3. The van der Waals surface area contributed by atoms with Gasteiger partial charge >= 0.3 is 5.97 Å². The van der Waals surface area contributed by atoms with Crippen LogP contribution in [0.5, 0.6) is 23.0 Å². The Balaban J connectivity index is 1.55. The minimum Gasteiger partial charge on any atom is -0.504 e. The number of aromatic hydroxyl groups is 3. The van der Waals surface area contributed by atoms with E-state index in [1.807, 2.05) is 0 Å². The number of carbonyl (C=O) groups is 3. The highest BCUT2D eigenvalue weighted by molar-refractivity contribution is 5.97. The number of ketones is 2. The number of hydrogen-bond acceptors (Lipinski definition) is 14. The van der Waals surface area contributed by atoms with E-state index in [0.29, 0.717) is 5.56 Å². The summed E-state index contributed by atoms with van der Waals surface area (Å²) in [6.45, 7) is -0.936. The predicted molar refractivity (Wildman–Crippen MR) is 174 cm³/mol. The maximum atomic E-state index is 13.3. The summed E-state index contributed by atoms with van der Waals surface area (Å²) < 4.78 is 17.4. The largest absolute Gasteiger partial charge is 0.504 e. The van der Waals surface area contributed by atoms with Gasteiger partial charge in [0, 0.05) is 25.4 Å². The summed E-state index contributed by atoms with van der Waals surface area (Å²) in [6, 6.07) is 6.78. The Kier molecular flexibility index (Phi) is 12.2. The van der Waals surface area contributed by atoms with Gasteiger partial charge in [-0.3, -0.25) is 9.59 Å². The van der Waals surface area contributed by atoms with E-state index in [1.165, 1.54) is 37.4 Å². The smallest absolute Gasteiger partial charge is 0.336 e. The Morgan fingerprint density at radius 1 is 1.04 bits per heavy atom. The molecule has 10 N–H and O–H groups in total. The first kappa shape index (κ1) is 37.5. The molecule has 0 unspecified atom stereocenters. The van der Waals surface area contributed by atoms with E-state index in [-0.39, 0.29) is 55.2 Å². The van der Waals surface area contributed by atoms with E-state index in [4.69, 9.17) is 19.9 Å². The zero-order valence-corrected chi connectivity index (χ0v) is 26.8. The summed E-state index contributed by atoms with van der Waals surface area (Å²) in [5.41, 5.74) is 2.31. The third kappa shape index (κ3) is 7.94. The molecule has 0 spiro atoms. The van der Waals surface area contributed by atoms with Crippen molar-refractivity contribution in [3.8, 4) is 23.0 Å². The van der Waals surface area contributed by atoms with Crippen LogP contribution in [0.4, 0.5) is 0 Å². The molecule has 2 aliphatic rings. The number of carboxylic acid groups (broad SMARTS) is 1. The number of aliphatic carboxylic acids is 1. The van der Waals surface area contributed by atoms with E-state index < -0.39 is 84.1 Å². The van der Waals surface area contributed by atoms with E-state index in [9.17, 15) is 50.1 Å². The highest BCUT2D eigenvalue weighted by atomic mass is 16.6. The average molecular weight is 687 g/mol. The van der Waals surface area contributed by atoms with Gasteiger partial charge in [-0.05, 0) is 73.0 Å². The molecule has 1 aliphatic carbocycles. The second-order valence-electron chi connectivity index (χ2n) is 12.0. The Morgan fingerprint density at radius 3 is 2.43 bits per heavy atom. The summed E-state index contributed by atoms with van der Waals surface area (Å²) in [4.78, 5) is 39.2. The molecule has 4 rings (SSSR count). The van der Waals surface area contributed by atoms with Crippen molar-refractivity contribution in [2.75, 3.05) is 33.4 Å². The van der Waals surface area contributed by atoms with Gasteiger partial charge in [0.1, 0.15) is 31.0 Å². The van der Waals surface area contributed by atoms with Crippen molar-refractivity contribution in [3.63, 3.8) is 0 Å². The molecular weight excluding hydrogens is 644 g/mol. The van der Waals surface area contributed by atoms with Crippen molar-refractivity contribution in [3.05, 3.63) is 59.2 Å². The zero-order valence-electron chi connectivity index (χ0n) is 26.8. The topological polar surface area (TPSA) is 259 Å². The number of carbonyl (C=O) groups excluding carboxylic acids is 2. The van der Waals surface area contributed by atoms with E-state index in [2.05, 4.69) is 5.32 Å². The van der Waals surface area contributed by atoms with Gasteiger partial charge in [0.2, 0.25) is 0 Å². The first-order chi connectivity index (χ1) is 23.3. The third-order valence-corrected chi connectivity index (χ3v) is 8.87. The van der Waals surface area contributed by atoms with Gasteiger partial charge in [0.15, 0.2) is 40.2 Å². The molecule has 2 aromatic carbocycles. The molecule has 0 aromatic heterocycles. The minimum absolute atomic E-state index is 0.00345. The van der Waals surface area contributed by atoms with Gasteiger partial charge in [-0.2, -0.15) is 0 Å². The van der Waals surface area contributed by atoms with Crippen LogP contribution >= 0.6 is 0 Å². The standard InChI is InChI=1S/C34H42N2O13/c1-36-18-34-30(9-8-29(49-34)23(39)6-4-20-13-24(40)25(41)14-21(20)16-37)33(32(45)46,15-27(43)31(34)44)48-17-22(38)5-2-19-3-7-28(26(42)12-19)47-11-10-35/h2-7,12-14,27,29-31,36-37,40-44H,8-11,15-18,35H2,1H3,(H,45,46)/t27-,29+,30+,31-,33+,34-/m1/s1. The van der Waals surface area contributed by atoms with Gasteiger partial charge in [-0.25, -0.2) is 4.79 Å². The number of fused-ring (bicyclic) bond motifs is 1. The molecule has 1 saturated carbocycles. The number of rotatable bonds is 15. The monoisotopic (exact) mass is 686 g/mol. The van der Waals surface area contributed by atoms with Crippen LogP contribution < -0.4 is 15.8 Å². The van der Waals surface area contributed by atoms with Crippen molar-refractivity contribution in [1.82, 2.24) is 5.32 Å². The lowest BCUT2D eigenvalue weighted by Gasteiger charge is -2.58. The maximum absolute atomic E-state index is 13.3. The van der Waals surface area contributed by atoms with Crippen LogP contribution in [-0.4, -0.2) is 116 Å². The first-order valence-electron chi connectivity index (χ1n) is 15.6. The molecule has 15 heteroatoms. The summed E-state index contributed by atoms with van der Waals surface area (Å²) >= 11 is 0. The molecule has 1 heterocycles. The first-order valence-corrected chi connectivity index (χ1v) is 15.6. The molecule has 15 nitrogen and oxygen atoms in total. The number of benzene rings is 2. The lowest BCUT2D eigenvalue weighted by Crippen LogP contribution is -2.75. The van der Waals surface area contributed by atoms with Crippen molar-refractivity contribution in [2.24, 2.45) is 11.7 Å². The SMILES string of the molecule is CNC[C@@]12O[C@H](C(=O)C=Cc3cc(O)c(O)cc3CO)CC[C@H]1[C@](OCC(=O)C=Cc1ccc(OCCN)c(O)c1)(C(=O)O)C[C@@H](O)[C@H]2O. The molecule has 266 valence electrons. The van der Waals surface area contributed by atoms with E-state index >= 15 is 0 Å².